The van der Waals surface area contributed by atoms with Crippen molar-refractivity contribution in [3.63, 3.8) is 0 Å². The van der Waals surface area contributed by atoms with Gasteiger partial charge in [-0.15, -0.1) is 0 Å². The van der Waals surface area contributed by atoms with Gasteiger partial charge in [0.1, 0.15) is 14.1 Å². The minimum Gasteiger partial charge on any atom is -0.374 e. The Bertz CT molecular complexity index is 125. The van der Waals surface area contributed by atoms with E-state index in [4.69, 9.17) is 4.74 Å². The van der Waals surface area contributed by atoms with E-state index in [1.54, 1.807) is 0 Å². The van der Waals surface area contributed by atoms with Gasteiger partial charge < -0.3 is 14.1 Å². The quantitative estimate of drug-likeness (QED) is 0.337. The second-order valence-corrected chi connectivity index (χ2v) is 4.16. The normalized spacial score (nSPS) is 12.8. The van der Waals surface area contributed by atoms with Crippen LogP contribution in [0.4, 0.5) is 0 Å². The fourth-order valence-electron chi connectivity index (χ4n) is 0.622. The smallest absolute Gasteiger partial charge is 0.120 e. The molecule has 0 aromatic heterocycles. The standard InChI is InChI=1S/C7H15O3P/c1-2-5-10-7-11(9)6-3-4-8/h4,11H,2-3,5-7H2,1H3. The molecule has 1 atom stereocenters. The monoisotopic (exact) mass is 178 g/mol. The Morgan fingerprint density at radius 3 is 2.82 bits per heavy atom. The van der Waals surface area contributed by atoms with Gasteiger partial charge >= 0.3 is 0 Å². The zero-order valence-electron chi connectivity index (χ0n) is 6.84. The van der Waals surface area contributed by atoms with Crippen LogP contribution in [0.5, 0.6) is 0 Å². The Morgan fingerprint density at radius 1 is 1.55 bits per heavy atom. The summed E-state index contributed by atoms with van der Waals surface area (Å²) in [5.74, 6) is 0. The van der Waals surface area contributed by atoms with Crippen molar-refractivity contribution >= 4 is 14.1 Å². The number of rotatable bonds is 7. The number of carbonyl (C=O) groups excluding carboxylic acids is 1. The fourth-order valence-corrected chi connectivity index (χ4v) is 1.58. The average molecular weight is 178 g/mol. The highest BCUT2D eigenvalue weighted by Gasteiger charge is 1.97. The van der Waals surface area contributed by atoms with E-state index in [2.05, 4.69) is 0 Å². The average Bonchev–Trinajstić information content (AvgIpc) is 2.01. The molecular formula is C7H15O3P. The van der Waals surface area contributed by atoms with E-state index in [-0.39, 0.29) is 0 Å². The molecule has 0 aliphatic carbocycles. The van der Waals surface area contributed by atoms with Crippen LogP contribution in [0, 0.1) is 0 Å². The lowest BCUT2D eigenvalue weighted by Gasteiger charge is -2.00. The van der Waals surface area contributed by atoms with Gasteiger partial charge in [0.15, 0.2) is 0 Å². The third-order valence-corrected chi connectivity index (χ3v) is 2.52. The zero-order valence-corrected chi connectivity index (χ0v) is 7.84. The molecule has 0 aromatic carbocycles. The van der Waals surface area contributed by atoms with E-state index in [1.807, 2.05) is 6.92 Å². The maximum atomic E-state index is 11.0. The first-order valence-corrected chi connectivity index (χ1v) is 5.66. The molecule has 11 heavy (non-hydrogen) atoms. The first-order chi connectivity index (χ1) is 5.31. The van der Waals surface area contributed by atoms with Crippen molar-refractivity contribution in [3.8, 4) is 0 Å². The van der Waals surface area contributed by atoms with Crippen LogP contribution in [0.15, 0.2) is 0 Å². The summed E-state index contributed by atoms with van der Waals surface area (Å²) in [6.07, 6.45) is 2.97. The van der Waals surface area contributed by atoms with Crippen LogP contribution >= 0.6 is 7.80 Å². The first-order valence-electron chi connectivity index (χ1n) is 3.84. The SMILES string of the molecule is CCCOC[PH](=O)CCC=O. The van der Waals surface area contributed by atoms with Crippen LogP contribution in [0.25, 0.3) is 0 Å². The van der Waals surface area contributed by atoms with E-state index < -0.39 is 7.80 Å². The molecule has 0 N–H and O–H groups in total. The van der Waals surface area contributed by atoms with Crippen molar-refractivity contribution in [1.29, 1.82) is 0 Å². The van der Waals surface area contributed by atoms with Crippen LogP contribution in [-0.2, 0) is 14.1 Å². The second kappa shape index (κ2) is 7.96. The van der Waals surface area contributed by atoms with Crippen molar-refractivity contribution in [1.82, 2.24) is 0 Å². The van der Waals surface area contributed by atoms with Gasteiger partial charge in [0.25, 0.3) is 0 Å². The summed E-state index contributed by atoms with van der Waals surface area (Å²) >= 11 is 0. The van der Waals surface area contributed by atoms with Crippen LogP contribution in [0.2, 0.25) is 0 Å². The topological polar surface area (TPSA) is 43.4 Å². The van der Waals surface area contributed by atoms with Gasteiger partial charge in [-0.2, -0.15) is 0 Å². The third-order valence-electron chi connectivity index (χ3n) is 1.15. The highest BCUT2D eigenvalue weighted by molar-refractivity contribution is 7.44. The lowest BCUT2D eigenvalue weighted by molar-refractivity contribution is -0.107. The molecule has 0 aliphatic rings. The number of carbonyl (C=O) groups is 1. The predicted molar refractivity (Wildman–Crippen MR) is 45.7 cm³/mol. The molecule has 3 nitrogen and oxygen atoms in total. The molecule has 1 unspecified atom stereocenters. The van der Waals surface area contributed by atoms with E-state index in [0.717, 1.165) is 12.7 Å². The van der Waals surface area contributed by atoms with E-state index in [9.17, 15) is 9.36 Å². The maximum Gasteiger partial charge on any atom is 0.120 e. The Balaban J connectivity index is 3.15. The summed E-state index contributed by atoms with van der Waals surface area (Å²) in [5.41, 5.74) is 0. The molecule has 0 heterocycles. The summed E-state index contributed by atoms with van der Waals surface area (Å²) in [6, 6.07) is 0. The van der Waals surface area contributed by atoms with Gasteiger partial charge in [0, 0.05) is 19.2 Å². The van der Waals surface area contributed by atoms with Gasteiger partial charge in [-0.1, -0.05) is 6.92 Å². The van der Waals surface area contributed by atoms with Crippen LogP contribution in [0.1, 0.15) is 19.8 Å². The van der Waals surface area contributed by atoms with Crippen molar-refractivity contribution in [2.45, 2.75) is 19.8 Å². The van der Waals surface area contributed by atoms with E-state index in [1.165, 1.54) is 0 Å². The molecule has 0 aliphatic heterocycles. The third kappa shape index (κ3) is 7.76. The lowest BCUT2D eigenvalue weighted by atomic mass is 10.5. The van der Waals surface area contributed by atoms with Gasteiger partial charge in [-0.3, -0.25) is 0 Å². The molecule has 0 aromatic rings. The summed E-state index contributed by atoms with van der Waals surface area (Å²) in [6.45, 7) is 2.67. The number of aldehydes is 1. The minimum atomic E-state index is -1.63. The molecule has 0 amide bonds. The van der Waals surface area contributed by atoms with Gasteiger partial charge in [-0.05, 0) is 6.42 Å². The summed E-state index contributed by atoms with van der Waals surface area (Å²) < 4.78 is 16.0. The molecule has 66 valence electrons. The van der Waals surface area contributed by atoms with Crippen LogP contribution in [0.3, 0.4) is 0 Å². The Labute approximate surface area is 67.9 Å². The molecule has 0 rings (SSSR count). The molecule has 0 saturated carbocycles. The van der Waals surface area contributed by atoms with E-state index >= 15 is 0 Å². The molecule has 0 bridgehead atoms. The molecular weight excluding hydrogens is 163 g/mol. The van der Waals surface area contributed by atoms with Gasteiger partial charge in [0.2, 0.25) is 0 Å². The van der Waals surface area contributed by atoms with Gasteiger partial charge in [-0.25, -0.2) is 0 Å². The molecule has 4 heteroatoms. The number of ether oxygens (including phenoxy) is 1. The number of hydrogen-bond acceptors (Lipinski definition) is 3. The Hall–Kier alpha value is -0.140. The summed E-state index contributed by atoms with van der Waals surface area (Å²) in [4.78, 5) is 9.88. The fraction of sp³-hybridized carbons (Fsp3) is 0.857. The maximum absolute atomic E-state index is 11.0. The van der Waals surface area contributed by atoms with Gasteiger partial charge in [0.05, 0.1) is 6.35 Å². The van der Waals surface area contributed by atoms with Crippen LogP contribution in [-0.4, -0.2) is 25.4 Å². The van der Waals surface area contributed by atoms with E-state index in [0.29, 0.717) is 25.5 Å². The predicted octanol–water partition coefficient (Wildman–Crippen LogP) is 1.52. The van der Waals surface area contributed by atoms with Crippen molar-refractivity contribution in [3.05, 3.63) is 0 Å². The Kier molecular flexibility index (Phi) is 7.86. The highest BCUT2D eigenvalue weighted by atomic mass is 31.1. The molecule has 0 spiro atoms. The summed E-state index contributed by atoms with van der Waals surface area (Å²) in [5, 5.41) is 0. The number of hydrogen-bond donors (Lipinski definition) is 0. The largest absolute Gasteiger partial charge is 0.374 e. The minimum absolute atomic E-state index is 0.340. The first kappa shape index (κ1) is 10.9. The Morgan fingerprint density at radius 2 is 2.27 bits per heavy atom. The van der Waals surface area contributed by atoms with Crippen molar-refractivity contribution in [2.75, 3.05) is 19.1 Å². The van der Waals surface area contributed by atoms with Crippen molar-refractivity contribution in [2.24, 2.45) is 0 Å². The lowest BCUT2D eigenvalue weighted by Crippen LogP contribution is -1.93. The molecule has 0 fully saturated rings. The zero-order chi connectivity index (χ0) is 8.53. The molecule has 0 saturated heterocycles. The second-order valence-electron chi connectivity index (χ2n) is 2.30. The van der Waals surface area contributed by atoms with Crippen LogP contribution < -0.4 is 0 Å². The van der Waals surface area contributed by atoms with Crippen molar-refractivity contribution < 1.29 is 14.1 Å². The highest BCUT2D eigenvalue weighted by Crippen LogP contribution is 2.20. The summed E-state index contributed by atoms with van der Waals surface area (Å²) in [7, 11) is -1.63. The molecule has 0 radical (unpaired) electrons.